The first-order valence-corrected chi connectivity index (χ1v) is 20.2. The molecule has 5 fully saturated rings. The van der Waals surface area contributed by atoms with Crippen LogP contribution in [0.5, 0.6) is 0 Å². The van der Waals surface area contributed by atoms with Crippen LogP contribution in [0, 0.1) is 11.8 Å². The molecule has 1 saturated carbocycles. The molecule has 0 bridgehead atoms. The molecule has 51 heavy (non-hydrogen) atoms. The summed E-state index contributed by atoms with van der Waals surface area (Å²) < 4.78 is 0. The van der Waals surface area contributed by atoms with Crippen LogP contribution < -0.4 is 5.32 Å². The summed E-state index contributed by atoms with van der Waals surface area (Å²) in [5.74, 6) is 1.01. The summed E-state index contributed by atoms with van der Waals surface area (Å²) in [6.07, 6.45) is 9.38. The van der Waals surface area contributed by atoms with Crippen molar-refractivity contribution in [1.29, 1.82) is 0 Å². The Hall–Kier alpha value is -2.73. The maximum atomic E-state index is 14.2. The lowest BCUT2D eigenvalue weighted by Gasteiger charge is -2.41. The largest absolute Gasteiger partial charge is 0.341 e. The topological polar surface area (TPSA) is 99.8 Å². The van der Waals surface area contributed by atoms with Crippen LogP contribution in [-0.2, 0) is 14.4 Å². The Labute approximate surface area is 310 Å². The van der Waals surface area contributed by atoms with Crippen LogP contribution in [0.4, 0.5) is 0 Å². The average molecular weight is 726 g/mol. The monoisotopic (exact) mass is 725 g/mol. The van der Waals surface area contributed by atoms with Crippen molar-refractivity contribution in [1.82, 2.24) is 34.7 Å². The van der Waals surface area contributed by atoms with Crippen LogP contribution in [0.3, 0.4) is 0 Å². The minimum Gasteiger partial charge on any atom is -0.341 e. The number of carbonyl (C=O) groups excluding carboxylic acids is 4. The summed E-state index contributed by atoms with van der Waals surface area (Å²) in [5, 5.41) is 3.22. The van der Waals surface area contributed by atoms with Gasteiger partial charge in [0.05, 0.1) is 6.54 Å². The first-order valence-electron chi connectivity index (χ1n) is 19.7. The van der Waals surface area contributed by atoms with Crippen molar-refractivity contribution in [2.75, 3.05) is 105 Å². The number of nitrogens with zero attached hydrogens (tertiary/aromatic N) is 6. The second kappa shape index (κ2) is 18.3. The highest BCUT2D eigenvalue weighted by molar-refractivity contribution is 6.27. The minimum absolute atomic E-state index is 0.0119. The lowest BCUT2D eigenvalue weighted by molar-refractivity contribution is -0.137. The number of hydrogen-bond acceptors (Lipinski definition) is 7. The molecule has 1 aliphatic carbocycles. The maximum absolute atomic E-state index is 14.2. The molecule has 0 spiro atoms. The van der Waals surface area contributed by atoms with E-state index in [4.69, 9.17) is 11.6 Å². The molecular weight excluding hydrogens is 666 g/mol. The third-order valence-electron chi connectivity index (χ3n) is 12.3. The fourth-order valence-electron chi connectivity index (χ4n) is 8.95. The number of nitrogens with one attached hydrogen (secondary N) is 1. The summed E-state index contributed by atoms with van der Waals surface area (Å²) in [6, 6.07) is 7.23. The molecular formula is C39H60ClN7O4. The molecule has 4 heterocycles. The van der Waals surface area contributed by atoms with E-state index < -0.39 is 6.04 Å². The van der Waals surface area contributed by atoms with Gasteiger partial charge >= 0.3 is 0 Å². The molecule has 12 heteroatoms. The molecule has 6 rings (SSSR count). The van der Waals surface area contributed by atoms with Gasteiger partial charge in [0.15, 0.2) is 0 Å². The van der Waals surface area contributed by atoms with Gasteiger partial charge < -0.3 is 24.9 Å². The third kappa shape index (κ3) is 10.2. The minimum atomic E-state index is -0.516. The number of hydrogen-bond donors (Lipinski definition) is 1. The Morgan fingerprint density at radius 2 is 1.45 bits per heavy atom. The van der Waals surface area contributed by atoms with Crippen LogP contribution in [0.15, 0.2) is 24.3 Å². The number of amides is 4. The zero-order chi connectivity index (χ0) is 35.7. The Morgan fingerprint density at radius 1 is 0.745 bits per heavy atom. The van der Waals surface area contributed by atoms with E-state index in [-0.39, 0.29) is 41.3 Å². The Bertz CT molecular complexity index is 1330. The first kappa shape index (κ1) is 38.0. The number of halogens is 1. The summed E-state index contributed by atoms with van der Waals surface area (Å²) in [7, 11) is 2.11. The second-order valence-electron chi connectivity index (χ2n) is 15.8. The van der Waals surface area contributed by atoms with Crippen LogP contribution in [-0.4, -0.2) is 164 Å². The van der Waals surface area contributed by atoms with Gasteiger partial charge in [-0.1, -0.05) is 31.4 Å². The highest BCUT2D eigenvalue weighted by Gasteiger charge is 2.36. The number of benzene rings is 1. The number of piperidine rings is 2. The van der Waals surface area contributed by atoms with E-state index in [2.05, 4.69) is 27.1 Å². The zero-order valence-electron chi connectivity index (χ0n) is 30.8. The van der Waals surface area contributed by atoms with Gasteiger partial charge in [-0.25, -0.2) is 0 Å². The fourth-order valence-corrected chi connectivity index (χ4v) is 9.12. The summed E-state index contributed by atoms with van der Waals surface area (Å²) in [6.45, 7) is 11.5. The van der Waals surface area contributed by atoms with Gasteiger partial charge in [-0.2, -0.15) is 0 Å². The maximum Gasteiger partial charge on any atom is 0.251 e. The lowest BCUT2D eigenvalue weighted by atomic mass is 9.83. The third-order valence-corrected chi connectivity index (χ3v) is 12.5. The summed E-state index contributed by atoms with van der Waals surface area (Å²) >= 11 is 5.84. The van der Waals surface area contributed by atoms with Crippen LogP contribution in [0.25, 0.3) is 0 Å². The molecule has 0 aromatic heterocycles. The van der Waals surface area contributed by atoms with Gasteiger partial charge in [-0.05, 0) is 88.2 Å². The molecule has 2 atom stereocenters. The molecule has 4 amide bonds. The van der Waals surface area contributed by atoms with E-state index in [0.29, 0.717) is 37.7 Å². The molecule has 5 aliphatic rings. The molecule has 2 unspecified atom stereocenters. The molecule has 4 aliphatic heterocycles. The first-order chi connectivity index (χ1) is 24.8. The smallest absolute Gasteiger partial charge is 0.251 e. The number of rotatable bonds is 10. The van der Waals surface area contributed by atoms with Crippen molar-refractivity contribution in [2.24, 2.45) is 11.8 Å². The Morgan fingerprint density at radius 3 is 2.16 bits per heavy atom. The standard InChI is InChI=1S/C39H60ClN7O4/c1-42-17-21-45(22-18-42)36(49)29-43-15-12-30(13-16-43)27-44-19-23-46(24-20-44)39(51)37(31-7-3-2-4-8-31)41-38(50)33-10-5-9-32(25-33)34-11-6-14-47(28-34)35(48)26-40/h5,9-10,25,30-31,34,37H,2-4,6-8,11-24,26-29H2,1H3,(H,41,50). The predicted molar refractivity (Wildman–Crippen MR) is 200 cm³/mol. The van der Waals surface area contributed by atoms with Crippen molar-refractivity contribution in [3.8, 4) is 0 Å². The van der Waals surface area contributed by atoms with Gasteiger partial charge in [0, 0.05) is 83.5 Å². The lowest BCUT2D eigenvalue weighted by Crippen LogP contribution is -2.57. The quantitative estimate of drug-likeness (QED) is 0.371. The van der Waals surface area contributed by atoms with Gasteiger partial charge in [-0.15, -0.1) is 11.6 Å². The molecule has 1 aromatic carbocycles. The van der Waals surface area contributed by atoms with Crippen molar-refractivity contribution in [3.63, 3.8) is 0 Å². The van der Waals surface area contributed by atoms with Crippen LogP contribution >= 0.6 is 11.6 Å². The van der Waals surface area contributed by atoms with Crippen LogP contribution in [0.1, 0.15) is 79.6 Å². The van der Waals surface area contributed by atoms with Crippen molar-refractivity contribution < 1.29 is 19.2 Å². The zero-order valence-corrected chi connectivity index (χ0v) is 31.5. The highest BCUT2D eigenvalue weighted by atomic mass is 35.5. The van der Waals surface area contributed by atoms with E-state index >= 15 is 0 Å². The van der Waals surface area contributed by atoms with Gasteiger partial charge in [-0.3, -0.25) is 29.0 Å². The number of piperazine rings is 2. The molecule has 282 valence electrons. The fraction of sp³-hybridized carbons (Fsp3) is 0.744. The van der Waals surface area contributed by atoms with E-state index in [1.165, 1.54) is 6.42 Å². The van der Waals surface area contributed by atoms with Gasteiger partial charge in [0.1, 0.15) is 11.9 Å². The SMILES string of the molecule is CN1CCN(C(=O)CN2CCC(CN3CCN(C(=O)C(NC(=O)c4cccc(C5CCCN(C(=O)CCl)C5)c4)C4CCCCC4)CC3)CC2)CC1. The number of carbonyl (C=O) groups is 4. The van der Waals surface area contributed by atoms with E-state index in [1.54, 1.807) is 0 Å². The molecule has 0 radical (unpaired) electrons. The van der Waals surface area contributed by atoms with E-state index in [9.17, 15) is 19.2 Å². The highest BCUT2D eigenvalue weighted by Crippen LogP contribution is 2.30. The van der Waals surface area contributed by atoms with Gasteiger partial charge in [0.25, 0.3) is 5.91 Å². The number of alkyl halides is 1. The Kier molecular flexibility index (Phi) is 13.7. The second-order valence-corrected chi connectivity index (χ2v) is 16.1. The summed E-state index contributed by atoms with van der Waals surface area (Å²) in [4.78, 5) is 66.0. The molecule has 1 N–H and O–H groups in total. The average Bonchev–Trinajstić information content (AvgIpc) is 3.18. The predicted octanol–water partition coefficient (Wildman–Crippen LogP) is 2.94. The summed E-state index contributed by atoms with van der Waals surface area (Å²) in [5.41, 5.74) is 1.62. The van der Waals surface area contributed by atoms with Crippen molar-refractivity contribution in [2.45, 2.75) is 69.7 Å². The number of likely N-dealkylation sites (tertiary alicyclic amines) is 2. The number of likely N-dealkylation sites (N-methyl/N-ethyl adjacent to an activating group) is 1. The normalized spacial score (nSPS) is 24.4. The van der Waals surface area contributed by atoms with Crippen molar-refractivity contribution in [3.05, 3.63) is 35.4 Å². The van der Waals surface area contributed by atoms with Crippen molar-refractivity contribution >= 4 is 35.2 Å². The van der Waals surface area contributed by atoms with E-state index in [0.717, 1.165) is 122 Å². The molecule has 1 aromatic rings. The Balaban J connectivity index is 0.987. The van der Waals surface area contributed by atoms with E-state index in [1.807, 2.05) is 39.0 Å². The van der Waals surface area contributed by atoms with Crippen LogP contribution in [0.2, 0.25) is 0 Å². The molecule has 4 saturated heterocycles. The van der Waals surface area contributed by atoms with Gasteiger partial charge in [0.2, 0.25) is 17.7 Å². The molecule has 11 nitrogen and oxygen atoms in total.